The fourth-order valence-corrected chi connectivity index (χ4v) is 3.69. The molecule has 0 radical (unpaired) electrons. The highest BCUT2D eigenvalue weighted by Gasteiger charge is 2.37. The molecule has 35 heavy (non-hydrogen) atoms. The highest BCUT2D eigenvalue weighted by molar-refractivity contribution is 5.92. The summed E-state index contributed by atoms with van der Waals surface area (Å²) in [4.78, 5) is 41.0. The van der Waals surface area contributed by atoms with E-state index in [2.05, 4.69) is 17.6 Å². The fourth-order valence-electron chi connectivity index (χ4n) is 3.69. The van der Waals surface area contributed by atoms with Gasteiger partial charge in [-0.05, 0) is 50.7 Å². The van der Waals surface area contributed by atoms with E-state index in [1.807, 2.05) is 45.0 Å². The highest BCUT2D eigenvalue weighted by atomic mass is 16.6. The van der Waals surface area contributed by atoms with Crippen LogP contribution >= 0.6 is 0 Å². The summed E-state index contributed by atoms with van der Waals surface area (Å²) in [6.07, 6.45) is 3.00. The Morgan fingerprint density at radius 3 is 2.17 bits per heavy atom. The van der Waals surface area contributed by atoms with E-state index < -0.39 is 29.7 Å². The lowest BCUT2D eigenvalue weighted by atomic mass is 9.98. The molecule has 8 nitrogen and oxygen atoms in total. The zero-order valence-electron chi connectivity index (χ0n) is 22.5. The van der Waals surface area contributed by atoms with Crippen molar-refractivity contribution in [1.29, 1.82) is 0 Å². The molecule has 3 N–H and O–H groups in total. The third-order valence-corrected chi connectivity index (χ3v) is 5.57. The molecule has 0 saturated carbocycles. The molecule has 0 fully saturated rings. The summed E-state index contributed by atoms with van der Waals surface area (Å²) in [7, 11) is 0. The van der Waals surface area contributed by atoms with Gasteiger partial charge in [0.2, 0.25) is 11.8 Å². The predicted molar refractivity (Wildman–Crippen MR) is 138 cm³/mol. The van der Waals surface area contributed by atoms with Gasteiger partial charge in [0, 0.05) is 13.1 Å². The third kappa shape index (κ3) is 10.3. The first-order valence-electron chi connectivity index (χ1n) is 12.7. The SMILES string of the molecule is CCCCCNC(=O)C(c1ccc(CC)cc1)N(CCO)C(=O)C(NC(=O)OC(C)(C)C)C(C)C. The molecule has 0 aliphatic carbocycles. The molecular weight excluding hydrogens is 446 g/mol. The van der Waals surface area contributed by atoms with Crippen molar-refractivity contribution in [2.45, 2.75) is 91.8 Å². The fraction of sp³-hybridized carbons (Fsp3) is 0.667. The molecule has 0 spiro atoms. The summed E-state index contributed by atoms with van der Waals surface area (Å²) in [5.74, 6) is -1.04. The van der Waals surface area contributed by atoms with Gasteiger partial charge in [-0.25, -0.2) is 4.79 Å². The van der Waals surface area contributed by atoms with Gasteiger partial charge < -0.3 is 25.4 Å². The lowest BCUT2D eigenvalue weighted by molar-refractivity contribution is -0.143. The average molecular weight is 492 g/mol. The standard InChI is InChI=1S/C27H45N3O5/c1-8-10-11-16-28-24(32)23(21-14-12-20(9-2)13-15-21)30(17-18-31)25(33)22(19(3)4)29-26(34)35-27(5,6)7/h12-15,19,22-23,31H,8-11,16-18H2,1-7H3,(H,28,32)(H,29,34). The number of hydrogen-bond acceptors (Lipinski definition) is 5. The minimum absolute atomic E-state index is 0.0549. The lowest BCUT2D eigenvalue weighted by Gasteiger charge is -2.35. The van der Waals surface area contributed by atoms with Crippen LogP contribution in [0.3, 0.4) is 0 Å². The monoisotopic (exact) mass is 491 g/mol. The van der Waals surface area contributed by atoms with Crippen LogP contribution in [0.5, 0.6) is 0 Å². The van der Waals surface area contributed by atoms with Crippen molar-refractivity contribution in [2.75, 3.05) is 19.7 Å². The average Bonchev–Trinajstić information content (AvgIpc) is 2.78. The molecule has 0 saturated heterocycles. The van der Waals surface area contributed by atoms with E-state index in [9.17, 15) is 19.5 Å². The Hall–Kier alpha value is -2.61. The number of amides is 3. The number of nitrogens with zero attached hydrogens (tertiary/aromatic N) is 1. The number of rotatable bonds is 13. The van der Waals surface area contributed by atoms with Gasteiger partial charge in [0.1, 0.15) is 17.7 Å². The second-order valence-electron chi connectivity index (χ2n) is 10.1. The quantitative estimate of drug-likeness (QED) is 0.362. The zero-order valence-corrected chi connectivity index (χ0v) is 22.5. The van der Waals surface area contributed by atoms with Gasteiger partial charge >= 0.3 is 6.09 Å². The van der Waals surface area contributed by atoms with Crippen molar-refractivity contribution in [3.05, 3.63) is 35.4 Å². The molecular formula is C27H45N3O5. The molecule has 0 bridgehead atoms. The molecule has 8 heteroatoms. The number of benzene rings is 1. The van der Waals surface area contributed by atoms with Crippen LogP contribution in [-0.4, -0.2) is 59.3 Å². The minimum Gasteiger partial charge on any atom is -0.444 e. The number of aliphatic hydroxyl groups excluding tert-OH is 1. The number of aryl methyl sites for hydroxylation is 1. The predicted octanol–water partition coefficient (Wildman–Crippen LogP) is 3.97. The van der Waals surface area contributed by atoms with Crippen LogP contribution in [0.1, 0.15) is 84.9 Å². The number of carbonyl (C=O) groups is 3. The van der Waals surface area contributed by atoms with Crippen molar-refractivity contribution >= 4 is 17.9 Å². The Bertz CT molecular complexity index is 802. The van der Waals surface area contributed by atoms with E-state index in [0.29, 0.717) is 12.1 Å². The molecule has 0 heterocycles. The molecule has 1 rings (SSSR count). The molecule has 0 aliphatic rings. The first-order chi connectivity index (χ1) is 16.4. The largest absolute Gasteiger partial charge is 0.444 e. The van der Waals surface area contributed by atoms with Crippen LogP contribution in [0.25, 0.3) is 0 Å². The summed E-state index contributed by atoms with van der Waals surface area (Å²) in [6, 6.07) is 5.70. The van der Waals surface area contributed by atoms with Gasteiger partial charge in [0.15, 0.2) is 0 Å². The third-order valence-electron chi connectivity index (χ3n) is 5.57. The van der Waals surface area contributed by atoms with E-state index in [-0.39, 0.29) is 25.0 Å². The zero-order chi connectivity index (χ0) is 26.6. The number of aliphatic hydroxyl groups is 1. The van der Waals surface area contributed by atoms with Crippen LogP contribution < -0.4 is 10.6 Å². The summed E-state index contributed by atoms with van der Waals surface area (Å²) in [5, 5.41) is 15.4. The van der Waals surface area contributed by atoms with Crippen LogP contribution in [0.2, 0.25) is 0 Å². The van der Waals surface area contributed by atoms with E-state index in [1.54, 1.807) is 20.8 Å². The Kier molecular flexibility index (Phi) is 12.8. The minimum atomic E-state index is -0.941. The summed E-state index contributed by atoms with van der Waals surface area (Å²) < 4.78 is 5.35. The highest BCUT2D eigenvalue weighted by Crippen LogP contribution is 2.24. The van der Waals surface area contributed by atoms with Gasteiger partial charge in [0.05, 0.1) is 6.61 Å². The molecule has 0 aromatic heterocycles. The van der Waals surface area contributed by atoms with Gasteiger partial charge in [0.25, 0.3) is 0 Å². The van der Waals surface area contributed by atoms with Crippen LogP contribution in [-0.2, 0) is 20.7 Å². The number of carbonyl (C=O) groups excluding carboxylic acids is 3. The second-order valence-corrected chi connectivity index (χ2v) is 10.1. The lowest BCUT2D eigenvalue weighted by Crippen LogP contribution is -2.55. The van der Waals surface area contributed by atoms with Crippen LogP contribution in [0.15, 0.2) is 24.3 Å². The van der Waals surface area contributed by atoms with Crippen molar-refractivity contribution in [2.24, 2.45) is 5.92 Å². The molecule has 1 aromatic rings. The summed E-state index contributed by atoms with van der Waals surface area (Å²) in [5.41, 5.74) is 1.04. The molecule has 2 atom stereocenters. The van der Waals surface area contributed by atoms with Crippen molar-refractivity contribution in [3.8, 4) is 0 Å². The van der Waals surface area contributed by atoms with Crippen molar-refractivity contribution < 1.29 is 24.2 Å². The summed E-state index contributed by atoms with van der Waals surface area (Å²) in [6.45, 7) is 13.1. The maximum absolute atomic E-state index is 13.8. The number of hydrogen-bond donors (Lipinski definition) is 3. The Labute approximate surface area is 210 Å². The molecule has 198 valence electrons. The number of alkyl carbamates (subject to hydrolysis) is 1. The van der Waals surface area contributed by atoms with Gasteiger partial charge in [-0.3, -0.25) is 9.59 Å². The van der Waals surface area contributed by atoms with Crippen molar-refractivity contribution in [3.63, 3.8) is 0 Å². The number of nitrogens with one attached hydrogen (secondary N) is 2. The maximum Gasteiger partial charge on any atom is 0.408 e. The molecule has 0 aliphatic heterocycles. The molecule has 3 amide bonds. The van der Waals surface area contributed by atoms with E-state index >= 15 is 0 Å². The first kappa shape index (κ1) is 30.4. The maximum atomic E-state index is 13.8. The van der Waals surface area contributed by atoms with E-state index in [4.69, 9.17) is 4.74 Å². The van der Waals surface area contributed by atoms with Crippen LogP contribution in [0, 0.1) is 5.92 Å². The topological polar surface area (TPSA) is 108 Å². The van der Waals surface area contributed by atoms with Crippen molar-refractivity contribution in [1.82, 2.24) is 15.5 Å². The van der Waals surface area contributed by atoms with E-state index in [1.165, 1.54) is 4.90 Å². The molecule has 2 unspecified atom stereocenters. The normalized spacial score (nSPS) is 13.2. The Morgan fingerprint density at radius 1 is 1.06 bits per heavy atom. The smallest absolute Gasteiger partial charge is 0.408 e. The van der Waals surface area contributed by atoms with Gasteiger partial charge in [-0.15, -0.1) is 0 Å². The molecule has 1 aromatic carbocycles. The number of ether oxygens (including phenoxy) is 1. The first-order valence-corrected chi connectivity index (χ1v) is 12.7. The Morgan fingerprint density at radius 2 is 1.69 bits per heavy atom. The Balaban J connectivity index is 3.33. The number of unbranched alkanes of at least 4 members (excludes halogenated alkanes) is 2. The van der Waals surface area contributed by atoms with Gasteiger partial charge in [-0.2, -0.15) is 0 Å². The van der Waals surface area contributed by atoms with Crippen LogP contribution in [0.4, 0.5) is 4.79 Å². The second kappa shape index (κ2) is 14.7. The van der Waals surface area contributed by atoms with E-state index in [0.717, 1.165) is 31.2 Å². The van der Waals surface area contributed by atoms with Gasteiger partial charge in [-0.1, -0.05) is 64.8 Å². The summed E-state index contributed by atoms with van der Waals surface area (Å²) >= 11 is 0.